The van der Waals surface area contributed by atoms with E-state index < -0.39 is 11.9 Å². The number of hydrogen-bond donors (Lipinski definition) is 2. The quantitative estimate of drug-likeness (QED) is 0.891. The number of amides is 1. The molecule has 0 saturated carbocycles. The zero-order valence-corrected chi connectivity index (χ0v) is 11.0. The first kappa shape index (κ1) is 13.7. The molecule has 0 radical (unpaired) electrons. The van der Waals surface area contributed by atoms with Gasteiger partial charge in [-0.25, -0.2) is 4.79 Å². The fourth-order valence-corrected chi connectivity index (χ4v) is 1.91. The zero-order chi connectivity index (χ0) is 14.7. The Morgan fingerprint density at radius 1 is 1.20 bits per heavy atom. The number of carbonyl (C=O) groups excluding carboxylic acids is 1. The molecule has 2 aromatic rings. The van der Waals surface area contributed by atoms with Crippen LogP contribution in [0, 0.1) is 13.8 Å². The highest BCUT2D eigenvalue weighted by molar-refractivity contribution is 6.08. The maximum Gasteiger partial charge on any atom is 0.337 e. The second-order valence-corrected chi connectivity index (χ2v) is 4.39. The first-order valence-corrected chi connectivity index (χ1v) is 5.91. The molecular formula is C14H13N3O3. The van der Waals surface area contributed by atoms with Crippen LogP contribution in [0.5, 0.6) is 0 Å². The minimum Gasteiger partial charge on any atom is -0.478 e. The molecule has 0 spiro atoms. The Morgan fingerprint density at radius 3 is 2.55 bits per heavy atom. The molecular weight excluding hydrogens is 258 g/mol. The fraction of sp³-hybridized carbons (Fsp3) is 0.143. The summed E-state index contributed by atoms with van der Waals surface area (Å²) in [5.41, 5.74) is 2.19. The van der Waals surface area contributed by atoms with Gasteiger partial charge in [0, 0.05) is 0 Å². The van der Waals surface area contributed by atoms with Crippen LogP contribution in [0.2, 0.25) is 0 Å². The third-order valence-corrected chi connectivity index (χ3v) is 2.80. The van der Waals surface area contributed by atoms with E-state index >= 15 is 0 Å². The van der Waals surface area contributed by atoms with Crippen molar-refractivity contribution in [2.45, 2.75) is 13.8 Å². The van der Waals surface area contributed by atoms with E-state index in [0.29, 0.717) is 16.8 Å². The number of rotatable bonds is 3. The Labute approximate surface area is 115 Å². The summed E-state index contributed by atoms with van der Waals surface area (Å²) in [6.45, 7) is 3.55. The van der Waals surface area contributed by atoms with Crippen LogP contribution in [0.1, 0.15) is 31.8 Å². The lowest BCUT2D eigenvalue weighted by molar-refractivity contribution is 0.0698. The number of hydrogen-bond acceptors (Lipinski definition) is 4. The van der Waals surface area contributed by atoms with Crippen molar-refractivity contribution in [2.75, 3.05) is 5.32 Å². The number of benzene rings is 1. The van der Waals surface area contributed by atoms with Crippen molar-refractivity contribution in [3.8, 4) is 0 Å². The molecule has 20 heavy (non-hydrogen) atoms. The van der Waals surface area contributed by atoms with E-state index in [1.165, 1.54) is 24.5 Å². The van der Waals surface area contributed by atoms with Crippen molar-refractivity contribution in [3.05, 3.63) is 52.8 Å². The number of carboxylic acid groups (broad SMARTS) is 1. The predicted octanol–water partition coefficient (Wildman–Crippen LogP) is 2.04. The minimum absolute atomic E-state index is 0.0675. The van der Waals surface area contributed by atoms with Crippen molar-refractivity contribution < 1.29 is 14.7 Å². The monoisotopic (exact) mass is 271 g/mol. The molecule has 2 rings (SSSR count). The van der Waals surface area contributed by atoms with E-state index in [0.717, 1.165) is 5.56 Å². The number of carbonyl (C=O) groups is 2. The third kappa shape index (κ3) is 2.80. The van der Waals surface area contributed by atoms with Gasteiger partial charge in [-0.05, 0) is 37.1 Å². The number of carboxylic acids is 1. The average molecular weight is 271 g/mol. The summed E-state index contributed by atoms with van der Waals surface area (Å²) in [7, 11) is 0. The van der Waals surface area contributed by atoms with Crippen LogP contribution in [0.4, 0.5) is 5.69 Å². The summed E-state index contributed by atoms with van der Waals surface area (Å²) in [6, 6.07) is 4.84. The number of anilines is 1. The summed E-state index contributed by atoms with van der Waals surface area (Å²) in [5, 5.41) is 19.0. The van der Waals surface area contributed by atoms with Crippen LogP contribution in [-0.4, -0.2) is 27.2 Å². The Bertz CT molecular complexity index is 669. The highest BCUT2D eigenvalue weighted by Gasteiger charge is 2.16. The smallest absolute Gasteiger partial charge is 0.337 e. The number of aromatic carboxylic acids is 1. The van der Waals surface area contributed by atoms with E-state index in [1.54, 1.807) is 13.8 Å². The Morgan fingerprint density at radius 2 is 1.95 bits per heavy atom. The van der Waals surface area contributed by atoms with Gasteiger partial charge in [-0.15, -0.1) is 0 Å². The van der Waals surface area contributed by atoms with Crippen LogP contribution in [-0.2, 0) is 0 Å². The molecule has 1 heterocycles. The molecule has 0 aliphatic heterocycles. The van der Waals surface area contributed by atoms with Crippen molar-refractivity contribution >= 4 is 17.6 Å². The van der Waals surface area contributed by atoms with Gasteiger partial charge < -0.3 is 10.4 Å². The Kier molecular flexibility index (Phi) is 3.74. The van der Waals surface area contributed by atoms with E-state index in [4.69, 9.17) is 0 Å². The van der Waals surface area contributed by atoms with Crippen LogP contribution < -0.4 is 5.32 Å². The molecule has 0 unspecified atom stereocenters. The number of aromatic nitrogens is 2. The van der Waals surface area contributed by atoms with Crippen LogP contribution in [0.3, 0.4) is 0 Å². The molecule has 102 valence electrons. The topological polar surface area (TPSA) is 92.2 Å². The van der Waals surface area contributed by atoms with Crippen molar-refractivity contribution in [2.24, 2.45) is 0 Å². The first-order valence-electron chi connectivity index (χ1n) is 5.91. The van der Waals surface area contributed by atoms with Gasteiger partial charge >= 0.3 is 5.97 Å². The van der Waals surface area contributed by atoms with E-state index in [2.05, 4.69) is 15.5 Å². The van der Waals surface area contributed by atoms with Gasteiger partial charge in [-0.2, -0.15) is 10.2 Å². The van der Waals surface area contributed by atoms with Crippen LogP contribution >= 0.6 is 0 Å². The van der Waals surface area contributed by atoms with Gasteiger partial charge in [-0.1, -0.05) is 6.07 Å². The Hall–Kier alpha value is -2.76. The molecule has 0 aliphatic rings. The number of nitrogens with one attached hydrogen (secondary N) is 1. The van der Waals surface area contributed by atoms with Crippen LogP contribution in [0.25, 0.3) is 0 Å². The molecule has 0 atom stereocenters. The van der Waals surface area contributed by atoms with Gasteiger partial charge in [0.2, 0.25) is 0 Å². The SMILES string of the molecule is Cc1cc(C)c(NC(=O)c2ccnnc2)c(C(=O)O)c1. The zero-order valence-electron chi connectivity index (χ0n) is 11.0. The van der Waals surface area contributed by atoms with Crippen LogP contribution in [0.15, 0.2) is 30.6 Å². The maximum absolute atomic E-state index is 12.1. The third-order valence-electron chi connectivity index (χ3n) is 2.80. The summed E-state index contributed by atoms with van der Waals surface area (Å²) in [6.07, 6.45) is 2.72. The van der Waals surface area contributed by atoms with E-state index in [1.807, 2.05) is 6.07 Å². The molecule has 6 nitrogen and oxygen atoms in total. The second kappa shape index (κ2) is 5.48. The van der Waals surface area contributed by atoms with Gasteiger partial charge in [-0.3, -0.25) is 4.79 Å². The lowest BCUT2D eigenvalue weighted by atomic mass is 10.0. The molecule has 0 aliphatic carbocycles. The standard InChI is InChI=1S/C14H13N3O3/c1-8-5-9(2)12(11(6-8)14(19)20)17-13(18)10-3-4-15-16-7-10/h3-7H,1-2H3,(H,17,18)(H,19,20). The van der Waals surface area contributed by atoms with Gasteiger partial charge in [0.15, 0.2) is 0 Å². The van der Waals surface area contributed by atoms with Gasteiger partial charge in [0.25, 0.3) is 5.91 Å². The first-order chi connectivity index (χ1) is 9.49. The Balaban J connectivity index is 2.39. The number of nitrogens with zero attached hydrogens (tertiary/aromatic N) is 2. The lowest BCUT2D eigenvalue weighted by Gasteiger charge is -2.12. The van der Waals surface area contributed by atoms with Gasteiger partial charge in [0.05, 0.1) is 29.2 Å². The highest BCUT2D eigenvalue weighted by Crippen LogP contribution is 2.23. The summed E-state index contributed by atoms with van der Waals surface area (Å²) in [5.74, 6) is -1.51. The predicted molar refractivity (Wildman–Crippen MR) is 72.9 cm³/mol. The molecule has 2 N–H and O–H groups in total. The molecule has 0 fully saturated rings. The molecule has 0 saturated heterocycles. The second-order valence-electron chi connectivity index (χ2n) is 4.39. The van der Waals surface area contributed by atoms with Crippen molar-refractivity contribution in [3.63, 3.8) is 0 Å². The summed E-state index contributed by atoms with van der Waals surface area (Å²) < 4.78 is 0. The lowest BCUT2D eigenvalue weighted by Crippen LogP contribution is -2.16. The van der Waals surface area contributed by atoms with Gasteiger partial charge in [0.1, 0.15) is 0 Å². The summed E-state index contributed by atoms with van der Waals surface area (Å²) >= 11 is 0. The summed E-state index contributed by atoms with van der Waals surface area (Å²) in [4.78, 5) is 23.3. The largest absolute Gasteiger partial charge is 0.478 e. The van der Waals surface area contributed by atoms with Crippen molar-refractivity contribution in [1.82, 2.24) is 10.2 Å². The molecule has 1 aromatic carbocycles. The fourth-order valence-electron chi connectivity index (χ4n) is 1.91. The average Bonchev–Trinajstić information content (AvgIpc) is 2.42. The normalized spacial score (nSPS) is 10.1. The molecule has 1 amide bonds. The van der Waals surface area contributed by atoms with E-state index in [9.17, 15) is 14.7 Å². The minimum atomic E-state index is -1.08. The molecule has 6 heteroatoms. The number of aryl methyl sites for hydroxylation is 2. The highest BCUT2D eigenvalue weighted by atomic mass is 16.4. The van der Waals surface area contributed by atoms with E-state index in [-0.39, 0.29) is 5.56 Å². The van der Waals surface area contributed by atoms with Crippen molar-refractivity contribution in [1.29, 1.82) is 0 Å². The molecule has 0 bridgehead atoms. The molecule has 1 aromatic heterocycles. The maximum atomic E-state index is 12.1.